The van der Waals surface area contributed by atoms with Crippen LogP contribution in [0.5, 0.6) is 0 Å². The van der Waals surface area contributed by atoms with E-state index in [1.165, 1.54) is 44.9 Å². The van der Waals surface area contributed by atoms with Crippen molar-refractivity contribution in [1.82, 2.24) is 0 Å². The zero-order chi connectivity index (χ0) is 17.4. The van der Waals surface area contributed by atoms with E-state index in [0.29, 0.717) is 6.42 Å². The van der Waals surface area contributed by atoms with Gasteiger partial charge in [0.05, 0.1) is 25.9 Å². The van der Waals surface area contributed by atoms with E-state index >= 15 is 0 Å². The molecule has 1 N–H and O–H groups in total. The molecule has 0 spiro atoms. The van der Waals surface area contributed by atoms with Gasteiger partial charge in [-0.3, -0.25) is 4.18 Å². The number of aliphatic hydroxyl groups is 1. The van der Waals surface area contributed by atoms with Gasteiger partial charge in [-0.15, -0.1) is 0 Å². The molecule has 0 aromatic carbocycles. The minimum Gasteiger partial charge on any atom is -0.726 e. The predicted octanol–water partition coefficient (Wildman–Crippen LogP) is 0.156. The second kappa shape index (κ2) is 19.2. The van der Waals surface area contributed by atoms with Gasteiger partial charge in [0.1, 0.15) is 0 Å². The van der Waals surface area contributed by atoms with Gasteiger partial charge in [0.25, 0.3) is 0 Å². The van der Waals surface area contributed by atoms with Crippen LogP contribution >= 0.6 is 0 Å². The molecule has 1 atom stereocenters. The SMILES string of the molecule is CCCCCCCCCCCCC(COCCO)OS(=O)(=O)[O-].[K+]. The van der Waals surface area contributed by atoms with Gasteiger partial charge in [-0.2, -0.15) is 0 Å². The van der Waals surface area contributed by atoms with Crippen molar-refractivity contribution < 1.29 is 78.4 Å². The maximum atomic E-state index is 10.7. The number of hydrogen-bond donors (Lipinski definition) is 1. The summed E-state index contributed by atoms with van der Waals surface area (Å²) < 4.78 is 41.6. The van der Waals surface area contributed by atoms with Crippen LogP contribution in [-0.4, -0.2) is 44.0 Å². The number of rotatable bonds is 17. The molecule has 0 amide bonds. The number of aliphatic hydroxyl groups excluding tert-OH is 1. The standard InChI is InChI=1S/C16H34O6S.K/c1-2-3-4-5-6-7-8-9-10-11-12-16(15-21-14-13-17)22-23(18,19)20;/h16-17H,2-15H2,1H3,(H,18,19,20);/q;+1/p-1. The Hall–Kier alpha value is 1.43. The van der Waals surface area contributed by atoms with Crippen molar-refractivity contribution in [2.24, 2.45) is 0 Å². The van der Waals surface area contributed by atoms with Crippen LogP contribution in [0.3, 0.4) is 0 Å². The van der Waals surface area contributed by atoms with Gasteiger partial charge in [-0.25, -0.2) is 8.42 Å². The van der Waals surface area contributed by atoms with Crippen LogP contribution in [0.4, 0.5) is 0 Å². The van der Waals surface area contributed by atoms with Crippen LogP contribution in [0.15, 0.2) is 0 Å². The summed E-state index contributed by atoms with van der Waals surface area (Å²) in [5.74, 6) is 0. The van der Waals surface area contributed by atoms with Gasteiger partial charge in [-0.1, -0.05) is 71.1 Å². The van der Waals surface area contributed by atoms with Gasteiger partial charge in [0, 0.05) is 0 Å². The van der Waals surface area contributed by atoms with Crippen LogP contribution in [0, 0.1) is 0 Å². The summed E-state index contributed by atoms with van der Waals surface area (Å²) in [4.78, 5) is 0. The molecule has 0 aliphatic rings. The van der Waals surface area contributed by atoms with Crippen molar-refractivity contribution in [1.29, 1.82) is 0 Å². The zero-order valence-electron chi connectivity index (χ0n) is 15.4. The fourth-order valence-corrected chi connectivity index (χ4v) is 2.95. The first-order valence-electron chi connectivity index (χ1n) is 8.82. The summed E-state index contributed by atoms with van der Waals surface area (Å²) >= 11 is 0. The summed E-state index contributed by atoms with van der Waals surface area (Å²) in [6.07, 6.45) is 11.6. The van der Waals surface area contributed by atoms with Gasteiger partial charge >= 0.3 is 51.4 Å². The maximum absolute atomic E-state index is 10.7. The van der Waals surface area contributed by atoms with E-state index in [0.717, 1.165) is 19.3 Å². The first-order chi connectivity index (χ1) is 11.0. The van der Waals surface area contributed by atoms with E-state index in [-0.39, 0.29) is 71.2 Å². The molecule has 24 heavy (non-hydrogen) atoms. The van der Waals surface area contributed by atoms with E-state index in [1.54, 1.807) is 0 Å². The summed E-state index contributed by atoms with van der Waals surface area (Å²) in [7, 11) is -4.72. The first-order valence-corrected chi connectivity index (χ1v) is 10.2. The Kier molecular flexibility index (Phi) is 22.1. The molecule has 0 aliphatic carbocycles. The van der Waals surface area contributed by atoms with E-state index in [4.69, 9.17) is 9.84 Å². The molecule has 0 aromatic heterocycles. The van der Waals surface area contributed by atoms with Crippen LogP contribution < -0.4 is 51.4 Å². The number of hydrogen-bond acceptors (Lipinski definition) is 6. The molecule has 0 aromatic rings. The fraction of sp³-hybridized carbons (Fsp3) is 1.00. The van der Waals surface area contributed by atoms with Crippen molar-refractivity contribution in [3.8, 4) is 0 Å². The minimum absolute atomic E-state index is 0. The Labute approximate surface area is 190 Å². The van der Waals surface area contributed by atoms with Gasteiger partial charge < -0.3 is 14.4 Å². The average Bonchev–Trinajstić information content (AvgIpc) is 2.47. The molecule has 0 radical (unpaired) electrons. The second-order valence-corrected chi connectivity index (χ2v) is 6.90. The molecule has 0 heterocycles. The Morgan fingerprint density at radius 2 is 1.46 bits per heavy atom. The molecule has 6 nitrogen and oxygen atoms in total. The Balaban J connectivity index is 0. The molecule has 140 valence electrons. The Morgan fingerprint density at radius 1 is 0.958 bits per heavy atom. The van der Waals surface area contributed by atoms with Gasteiger partial charge in [0.2, 0.25) is 10.4 Å². The number of ether oxygens (including phenoxy) is 1. The van der Waals surface area contributed by atoms with E-state index in [9.17, 15) is 13.0 Å². The van der Waals surface area contributed by atoms with Crippen molar-refractivity contribution in [2.45, 2.75) is 83.7 Å². The third-order valence-corrected chi connectivity index (χ3v) is 4.18. The van der Waals surface area contributed by atoms with Crippen LogP contribution in [0.25, 0.3) is 0 Å². The smallest absolute Gasteiger partial charge is 0.726 e. The molecule has 0 saturated carbocycles. The summed E-state index contributed by atoms with van der Waals surface area (Å²) in [5.41, 5.74) is 0. The quantitative estimate of drug-likeness (QED) is 0.164. The summed E-state index contributed by atoms with van der Waals surface area (Å²) in [6.45, 7) is 2.19. The summed E-state index contributed by atoms with van der Waals surface area (Å²) in [6, 6.07) is 0. The zero-order valence-corrected chi connectivity index (χ0v) is 19.3. The van der Waals surface area contributed by atoms with Crippen molar-refractivity contribution in [3.05, 3.63) is 0 Å². The molecule has 0 rings (SSSR count). The molecule has 0 bridgehead atoms. The molecule has 1 unspecified atom stereocenters. The monoisotopic (exact) mass is 392 g/mol. The van der Waals surface area contributed by atoms with E-state index in [2.05, 4.69) is 11.1 Å². The predicted molar refractivity (Wildman–Crippen MR) is 88.9 cm³/mol. The van der Waals surface area contributed by atoms with Gasteiger partial charge in [-0.05, 0) is 6.42 Å². The van der Waals surface area contributed by atoms with Crippen molar-refractivity contribution in [3.63, 3.8) is 0 Å². The summed E-state index contributed by atoms with van der Waals surface area (Å²) in [5, 5.41) is 8.63. The Morgan fingerprint density at radius 3 is 1.92 bits per heavy atom. The Bertz CT molecular complexity index is 350. The van der Waals surface area contributed by atoms with Crippen LogP contribution in [-0.2, 0) is 19.3 Å². The van der Waals surface area contributed by atoms with Gasteiger partial charge in [0.15, 0.2) is 0 Å². The fourth-order valence-electron chi connectivity index (χ4n) is 2.46. The van der Waals surface area contributed by atoms with Crippen molar-refractivity contribution in [2.75, 3.05) is 19.8 Å². The first kappa shape index (κ1) is 27.6. The topological polar surface area (TPSA) is 95.9 Å². The third kappa shape index (κ3) is 21.5. The van der Waals surface area contributed by atoms with E-state index < -0.39 is 16.5 Å². The van der Waals surface area contributed by atoms with E-state index in [1.807, 2.05) is 0 Å². The maximum Gasteiger partial charge on any atom is 1.00 e. The van der Waals surface area contributed by atoms with Crippen LogP contribution in [0.1, 0.15) is 77.6 Å². The van der Waals surface area contributed by atoms with Crippen molar-refractivity contribution >= 4 is 10.4 Å². The molecule has 0 aliphatic heterocycles. The van der Waals surface area contributed by atoms with Crippen LogP contribution in [0.2, 0.25) is 0 Å². The minimum atomic E-state index is -4.72. The molecule has 0 saturated heterocycles. The molecular formula is C16H33KO6S. The largest absolute Gasteiger partial charge is 1.00 e. The average molecular weight is 393 g/mol. The second-order valence-electron chi connectivity index (χ2n) is 5.90. The molecular weight excluding hydrogens is 359 g/mol. The normalized spacial score (nSPS) is 12.8. The molecule has 8 heteroatoms. The molecule has 0 fully saturated rings. The number of unbranched alkanes of at least 4 members (excludes halogenated alkanes) is 9. The third-order valence-electron chi connectivity index (χ3n) is 3.67.